The Morgan fingerprint density at radius 2 is 1.88 bits per heavy atom. The lowest BCUT2D eigenvalue weighted by atomic mass is 10.1. The third-order valence-electron chi connectivity index (χ3n) is 4.64. The van der Waals surface area contributed by atoms with Gasteiger partial charge in [0.1, 0.15) is 0 Å². The summed E-state index contributed by atoms with van der Waals surface area (Å²) in [6, 6.07) is 12.8. The molecule has 0 spiro atoms. The second-order valence-corrected chi connectivity index (χ2v) is 7.60. The van der Waals surface area contributed by atoms with Crippen LogP contribution in [0, 0.1) is 0 Å². The molecular weight excluding hydrogens is 328 g/mol. The fourth-order valence-electron chi connectivity index (χ4n) is 3.22. The first-order chi connectivity index (χ1) is 12.3. The fourth-order valence-corrected chi connectivity index (χ4v) is 3.93. The molecule has 4 nitrogen and oxygen atoms in total. The molecule has 3 N–H and O–H groups in total. The Morgan fingerprint density at radius 1 is 1.08 bits per heavy atom. The second-order valence-electron chi connectivity index (χ2n) is 6.56. The van der Waals surface area contributed by atoms with Crippen LogP contribution in [0.4, 0.5) is 0 Å². The van der Waals surface area contributed by atoms with E-state index >= 15 is 0 Å². The van der Waals surface area contributed by atoms with E-state index < -0.39 is 0 Å². The first-order valence-corrected chi connectivity index (χ1v) is 10.0. The lowest BCUT2D eigenvalue weighted by molar-refractivity contribution is 0.220. The summed E-state index contributed by atoms with van der Waals surface area (Å²) in [5.41, 5.74) is 8.68. The molecular formula is C20H28N4S. The zero-order chi connectivity index (χ0) is 17.3. The van der Waals surface area contributed by atoms with Crippen molar-refractivity contribution in [3.63, 3.8) is 0 Å². The molecule has 1 saturated heterocycles. The first kappa shape index (κ1) is 18.0. The van der Waals surface area contributed by atoms with Crippen LogP contribution in [-0.4, -0.2) is 30.5 Å². The van der Waals surface area contributed by atoms with Crippen LogP contribution in [0.2, 0.25) is 0 Å². The van der Waals surface area contributed by atoms with Crippen LogP contribution in [0.3, 0.4) is 0 Å². The van der Waals surface area contributed by atoms with Gasteiger partial charge >= 0.3 is 0 Å². The van der Waals surface area contributed by atoms with E-state index in [1.54, 1.807) is 11.3 Å². The Bertz CT molecular complexity index is 660. The minimum absolute atomic E-state index is 0.532. The largest absolute Gasteiger partial charge is 0.370 e. The van der Waals surface area contributed by atoms with Crippen molar-refractivity contribution in [2.45, 2.75) is 38.8 Å². The Kier molecular flexibility index (Phi) is 6.89. The number of hydrogen-bond donors (Lipinski definition) is 2. The summed E-state index contributed by atoms with van der Waals surface area (Å²) < 4.78 is 0. The molecule has 0 aliphatic carbocycles. The standard InChI is InChI=1S/C20H28N4S/c21-20(22-11-10-19-9-6-14-25-19)23-15-17-7-2-3-8-18(17)16-24-12-4-1-5-13-24/h2-3,6-9,14H,1,4-5,10-13,15-16H2,(H3,21,22,23). The van der Waals surface area contributed by atoms with Gasteiger partial charge in [-0.15, -0.1) is 11.3 Å². The summed E-state index contributed by atoms with van der Waals surface area (Å²) in [6.07, 6.45) is 5.00. The third-order valence-corrected chi connectivity index (χ3v) is 5.57. The molecule has 5 heteroatoms. The number of thiophene rings is 1. The topological polar surface area (TPSA) is 53.6 Å². The predicted molar refractivity (Wildman–Crippen MR) is 107 cm³/mol. The highest BCUT2D eigenvalue weighted by Crippen LogP contribution is 2.16. The van der Waals surface area contributed by atoms with Crippen LogP contribution in [0.5, 0.6) is 0 Å². The average molecular weight is 357 g/mol. The molecule has 2 aromatic rings. The van der Waals surface area contributed by atoms with Crippen LogP contribution in [0.15, 0.2) is 46.8 Å². The molecule has 0 unspecified atom stereocenters. The minimum Gasteiger partial charge on any atom is -0.370 e. The number of guanidine groups is 1. The van der Waals surface area contributed by atoms with Crippen LogP contribution in [-0.2, 0) is 19.5 Å². The Balaban J connectivity index is 1.51. The van der Waals surface area contributed by atoms with Crippen molar-refractivity contribution in [1.82, 2.24) is 10.2 Å². The summed E-state index contributed by atoms with van der Waals surface area (Å²) >= 11 is 1.78. The zero-order valence-electron chi connectivity index (χ0n) is 14.8. The molecule has 1 aliphatic rings. The molecule has 1 aromatic heterocycles. The smallest absolute Gasteiger partial charge is 0.188 e. The van der Waals surface area contributed by atoms with Gasteiger partial charge in [0, 0.05) is 18.0 Å². The lowest BCUT2D eigenvalue weighted by Gasteiger charge is -2.27. The van der Waals surface area contributed by atoms with Crippen LogP contribution in [0.1, 0.15) is 35.3 Å². The average Bonchev–Trinajstić information content (AvgIpc) is 3.15. The van der Waals surface area contributed by atoms with Gasteiger partial charge in [0.05, 0.1) is 6.54 Å². The van der Waals surface area contributed by atoms with Crippen molar-refractivity contribution in [3.8, 4) is 0 Å². The molecule has 1 aromatic carbocycles. The number of piperidine rings is 1. The number of likely N-dealkylation sites (tertiary alicyclic amines) is 1. The van der Waals surface area contributed by atoms with Gasteiger partial charge in [-0.1, -0.05) is 36.8 Å². The molecule has 0 atom stereocenters. The molecule has 1 aliphatic heterocycles. The number of nitrogens with zero attached hydrogens (tertiary/aromatic N) is 2. The van der Waals surface area contributed by atoms with Crippen molar-refractivity contribution in [2.24, 2.45) is 10.7 Å². The van der Waals surface area contributed by atoms with Gasteiger partial charge < -0.3 is 11.1 Å². The molecule has 0 saturated carbocycles. The maximum atomic E-state index is 6.03. The van der Waals surface area contributed by atoms with E-state index in [0.29, 0.717) is 12.5 Å². The van der Waals surface area contributed by atoms with E-state index in [9.17, 15) is 0 Å². The van der Waals surface area contributed by atoms with Crippen molar-refractivity contribution < 1.29 is 0 Å². The number of nitrogens with one attached hydrogen (secondary N) is 1. The van der Waals surface area contributed by atoms with Crippen molar-refractivity contribution in [3.05, 3.63) is 57.8 Å². The zero-order valence-corrected chi connectivity index (χ0v) is 15.6. The second kappa shape index (κ2) is 9.59. The monoisotopic (exact) mass is 356 g/mol. The summed E-state index contributed by atoms with van der Waals surface area (Å²) in [5, 5.41) is 5.32. The first-order valence-electron chi connectivity index (χ1n) is 9.16. The highest BCUT2D eigenvalue weighted by atomic mass is 32.1. The summed E-state index contributed by atoms with van der Waals surface area (Å²) in [7, 11) is 0. The number of nitrogens with two attached hydrogens (primary N) is 1. The van der Waals surface area contributed by atoms with Gasteiger partial charge in [-0.2, -0.15) is 0 Å². The molecule has 0 amide bonds. The van der Waals surface area contributed by atoms with Crippen molar-refractivity contribution in [2.75, 3.05) is 19.6 Å². The Hall–Kier alpha value is -1.85. The Labute approximate surface area is 154 Å². The van der Waals surface area contributed by atoms with Crippen molar-refractivity contribution >= 4 is 17.3 Å². The fraction of sp³-hybridized carbons (Fsp3) is 0.450. The molecule has 0 radical (unpaired) electrons. The highest BCUT2D eigenvalue weighted by molar-refractivity contribution is 7.09. The van der Waals surface area contributed by atoms with E-state index in [1.807, 2.05) is 0 Å². The SMILES string of the molecule is NC(=NCc1ccccc1CN1CCCCC1)NCCc1cccs1. The van der Waals surface area contributed by atoms with Crippen LogP contribution in [0.25, 0.3) is 0 Å². The molecule has 3 rings (SSSR count). The lowest BCUT2D eigenvalue weighted by Crippen LogP contribution is -2.33. The molecule has 0 bridgehead atoms. The van der Waals surface area contributed by atoms with Crippen LogP contribution < -0.4 is 11.1 Å². The minimum atomic E-state index is 0.532. The summed E-state index contributed by atoms with van der Waals surface area (Å²) in [6.45, 7) is 4.92. The van der Waals surface area contributed by atoms with E-state index in [2.05, 4.69) is 57.0 Å². The van der Waals surface area contributed by atoms with Crippen LogP contribution >= 0.6 is 11.3 Å². The number of rotatable bonds is 7. The van der Waals surface area contributed by atoms with Gasteiger partial charge in [0.2, 0.25) is 0 Å². The summed E-state index contributed by atoms with van der Waals surface area (Å²) in [4.78, 5) is 8.45. The highest BCUT2D eigenvalue weighted by Gasteiger charge is 2.12. The quantitative estimate of drug-likeness (QED) is 0.591. The van der Waals surface area contributed by atoms with E-state index in [-0.39, 0.29) is 0 Å². The molecule has 25 heavy (non-hydrogen) atoms. The maximum Gasteiger partial charge on any atom is 0.188 e. The van der Waals surface area contributed by atoms with E-state index in [4.69, 9.17) is 5.73 Å². The summed E-state index contributed by atoms with van der Waals surface area (Å²) in [5.74, 6) is 0.532. The van der Waals surface area contributed by atoms with Gasteiger partial charge in [0.15, 0.2) is 5.96 Å². The number of benzene rings is 1. The van der Waals surface area contributed by atoms with Gasteiger partial charge in [-0.3, -0.25) is 4.90 Å². The number of aliphatic imine (C=N–C) groups is 1. The normalized spacial score (nSPS) is 16.1. The van der Waals surface area contributed by atoms with Gasteiger partial charge in [0.25, 0.3) is 0 Å². The number of hydrogen-bond acceptors (Lipinski definition) is 3. The molecule has 134 valence electrons. The third kappa shape index (κ3) is 5.87. The van der Waals surface area contributed by atoms with E-state index in [1.165, 1.54) is 48.4 Å². The predicted octanol–water partition coefficient (Wildman–Crippen LogP) is 3.38. The molecule has 1 fully saturated rings. The van der Waals surface area contributed by atoms with Gasteiger partial charge in [-0.05, 0) is 54.9 Å². The van der Waals surface area contributed by atoms with Gasteiger partial charge in [-0.25, -0.2) is 4.99 Å². The molecule has 2 heterocycles. The van der Waals surface area contributed by atoms with E-state index in [0.717, 1.165) is 19.5 Å². The Morgan fingerprint density at radius 3 is 2.64 bits per heavy atom. The maximum absolute atomic E-state index is 6.03. The van der Waals surface area contributed by atoms with Crippen molar-refractivity contribution in [1.29, 1.82) is 0 Å².